The summed E-state index contributed by atoms with van der Waals surface area (Å²) in [6.45, 7) is 4.34. The summed E-state index contributed by atoms with van der Waals surface area (Å²) >= 11 is 0. The molecule has 0 aromatic heterocycles. The SMILES string of the molecule is COCC1CN(C(=O)Cc2cccc3c2CCNC3)CCO1. The standard InChI is InChI=1S/C17H24N2O3/c1-21-12-15-11-19(7-8-22-15)17(20)9-13-3-2-4-14-10-18-6-5-16(13)14/h2-4,15,18H,5-12H2,1H3. The quantitative estimate of drug-likeness (QED) is 0.892. The van der Waals surface area contributed by atoms with Gasteiger partial charge in [-0.1, -0.05) is 18.2 Å². The van der Waals surface area contributed by atoms with Crippen LogP contribution < -0.4 is 5.32 Å². The molecular formula is C17H24N2O3. The molecule has 2 aliphatic heterocycles. The van der Waals surface area contributed by atoms with Crippen molar-refractivity contribution >= 4 is 5.91 Å². The lowest BCUT2D eigenvalue weighted by atomic mass is 9.93. The molecule has 1 atom stereocenters. The van der Waals surface area contributed by atoms with E-state index in [9.17, 15) is 4.79 Å². The van der Waals surface area contributed by atoms with Crippen LogP contribution in [0.2, 0.25) is 0 Å². The fraction of sp³-hybridized carbons (Fsp3) is 0.588. The first kappa shape index (κ1) is 15.5. The predicted molar refractivity (Wildman–Crippen MR) is 83.8 cm³/mol. The molecule has 0 aliphatic carbocycles. The first-order valence-corrected chi connectivity index (χ1v) is 7.96. The molecule has 120 valence electrons. The molecule has 1 saturated heterocycles. The zero-order valence-electron chi connectivity index (χ0n) is 13.1. The van der Waals surface area contributed by atoms with Gasteiger partial charge in [0.05, 0.1) is 25.7 Å². The highest BCUT2D eigenvalue weighted by molar-refractivity contribution is 5.79. The van der Waals surface area contributed by atoms with E-state index in [0.29, 0.717) is 32.7 Å². The van der Waals surface area contributed by atoms with Gasteiger partial charge < -0.3 is 19.7 Å². The lowest BCUT2D eigenvalue weighted by Crippen LogP contribution is -2.47. The van der Waals surface area contributed by atoms with E-state index in [0.717, 1.165) is 19.5 Å². The molecule has 1 N–H and O–H groups in total. The summed E-state index contributed by atoms with van der Waals surface area (Å²) in [4.78, 5) is 14.5. The van der Waals surface area contributed by atoms with Crippen LogP contribution in [0, 0.1) is 0 Å². The average molecular weight is 304 g/mol. The van der Waals surface area contributed by atoms with Crippen LogP contribution in [0.5, 0.6) is 0 Å². The van der Waals surface area contributed by atoms with Crippen molar-refractivity contribution in [3.8, 4) is 0 Å². The summed E-state index contributed by atoms with van der Waals surface area (Å²) in [6, 6.07) is 6.30. The second-order valence-corrected chi connectivity index (χ2v) is 5.95. The molecule has 0 radical (unpaired) electrons. The zero-order chi connectivity index (χ0) is 15.4. The highest BCUT2D eigenvalue weighted by atomic mass is 16.5. The van der Waals surface area contributed by atoms with Crippen LogP contribution in [0.4, 0.5) is 0 Å². The fourth-order valence-corrected chi connectivity index (χ4v) is 3.28. The summed E-state index contributed by atoms with van der Waals surface area (Å²) in [6.07, 6.45) is 1.49. The van der Waals surface area contributed by atoms with Gasteiger partial charge in [-0.2, -0.15) is 0 Å². The molecule has 0 saturated carbocycles. The number of nitrogens with one attached hydrogen (secondary N) is 1. The first-order chi connectivity index (χ1) is 10.8. The van der Waals surface area contributed by atoms with Crippen molar-refractivity contribution in [2.75, 3.05) is 40.0 Å². The molecule has 5 heteroatoms. The number of carbonyl (C=O) groups excluding carboxylic acids is 1. The van der Waals surface area contributed by atoms with Crippen LogP contribution in [-0.2, 0) is 33.7 Å². The van der Waals surface area contributed by atoms with Gasteiger partial charge in [-0.25, -0.2) is 0 Å². The molecule has 1 aromatic carbocycles. The van der Waals surface area contributed by atoms with Crippen molar-refractivity contribution in [1.29, 1.82) is 0 Å². The molecule has 0 spiro atoms. The highest BCUT2D eigenvalue weighted by Crippen LogP contribution is 2.20. The van der Waals surface area contributed by atoms with E-state index in [4.69, 9.17) is 9.47 Å². The minimum Gasteiger partial charge on any atom is -0.382 e. The lowest BCUT2D eigenvalue weighted by Gasteiger charge is -2.33. The van der Waals surface area contributed by atoms with E-state index in [1.165, 1.54) is 16.7 Å². The number of carbonyl (C=O) groups is 1. The fourth-order valence-electron chi connectivity index (χ4n) is 3.28. The Kier molecular flexibility index (Phi) is 5.08. The maximum Gasteiger partial charge on any atom is 0.227 e. The van der Waals surface area contributed by atoms with Crippen LogP contribution in [-0.4, -0.2) is 56.9 Å². The largest absolute Gasteiger partial charge is 0.382 e. The number of hydrogen-bond acceptors (Lipinski definition) is 4. The van der Waals surface area contributed by atoms with E-state index in [1.54, 1.807) is 7.11 Å². The number of benzene rings is 1. The van der Waals surface area contributed by atoms with Gasteiger partial charge in [0.25, 0.3) is 0 Å². The molecule has 3 rings (SSSR count). The van der Waals surface area contributed by atoms with Gasteiger partial charge in [-0.05, 0) is 29.7 Å². The predicted octanol–water partition coefficient (Wildman–Crippen LogP) is 0.749. The molecule has 1 fully saturated rings. The summed E-state index contributed by atoms with van der Waals surface area (Å²) in [5.41, 5.74) is 3.87. The molecule has 22 heavy (non-hydrogen) atoms. The Morgan fingerprint density at radius 2 is 2.41 bits per heavy atom. The van der Waals surface area contributed by atoms with Crippen molar-refractivity contribution in [3.05, 3.63) is 34.9 Å². The topological polar surface area (TPSA) is 50.8 Å². The second-order valence-electron chi connectivity index (χ2n) is 5.95. The average Bonchev–Trinajstić information content (AvgIpc) is 2.56. The van der Waals surface area contributed by atoms with Gasteiger partial charge in [0, 0.05) is 26.7 Å². The van der Waals surface area contributed by atoms with Crippen LogP contribution in [0.1, 0.15) is 16.7 Å². The van der Waals surface area contributed by atoms with Gasteiger partial charge in [-0.3, -0.25) is 4.79 Å². The monoisotopic (exact) mass is 304 g/mol. The maximum absolute atomic E-state index is 12.6. The third-order valence-electron chi connectivity index (χ3n) is 4.42. The van der Waals surface area contributed by atoms with Crippen molar-refractivity contribution in [2.45, 2.75) is 25.5 Å². The number of morpholine rings is 1. The summed E-state index contributed by atoms with van der Waals surface area (Å²) in [7, 11) is 1.66. The Bertz CT molecular complexity index is 531. The minimum absolute atomic E-state index is 0.00316. The number of rotatable bonds is 4. The number of ether oxygens (including phenoxy) is 2. The number of nitrogens with zero attached hydrogens (tertiary/aromatic N) is 1. The normalized spacial score (nSPS) is 21.5. The lowest BCUT2D eigenvalue weighted by molar-refractivity contribution is -0.140. The molecule has 1 unspecified atom stereocenters. The third-order valence-corrected chi connectivity index (χ3v) is 4.42. The summed E-state index contributed by atoms with van der Waals surface area (Å²) in [5.74, 6) is 0.191. The Balaban J connectivity index is 1.67. The maximum atomic E-state index is 12.6. The Morgan fingerprint density at radius 1 is 1.50 bits per heavy atom. The van der Waals surface area contributed by atoms with Gasteiger partial charge >= 0.3 is 0 Å². The summed E-state index contributed by atoms with van der Waals surface area (Å²) in [5, 5.41) is 3.38. The van der Waals surface area contributed by atoms with Gasteiger partial charge in [0.15, 0.2) is 0 Å². The van der Waals surface area contributed by atoms with E-state index in [2.05, 4.69) is 23.5 Å². The molecule has 1 aromatic rings. The summed E-state index contributed by atoms with van der Waals surface area (Å²) < 4.78 is 10.7. The van der Waals surface area contributed by atoms with Gasteiger partial charge in [0.2, 0.25) is 5.91 Å². The van der Waals surface area contributed by atoms with Gasteiger partial charge in [0.1, 0.15) is 0 Å². The molecule has 0 bridgehead atoms. The van der Waals surface area contributed by atoms with Crippen molar-refractivity contribution in [2.24, 2.45) is 0 Å². The van der Waals surface area contributed by atoms with Crippen molar-refractivity contribution < 1.29 is 14.3 Å². The van der Waals surface area contributed by atoms with E-state index in [-0.39, 0.29) is 12.0 Å². The van der Waals surface area contributed by atoms with Crippen LogP contribution in [0.15, 0.2) is 18.2 Å². The van der Waals surface area contributed by atoms with Crippen LogP contribution >= 0.6 is 0 Å². The number of fused-ring (bicyclic) bond motifs is 1. The molecule has 2 aliphatic rings. The Hall–Kier alpha value is -1.43. The van der Waals surface area contributed by atoms with Gasteiger partial charge in [-0.15, -0.1) is 0 Å². The van der Waals surface area contributed by atoms with Crippen LogP contribution in [0.3, 0.4) is 0 Å². The third kappa shape index (κ3) is 3.48. The van der Waals surface area contributed by atoms with E-state index < -0.39 is 0 Å². The van der Waals surface area contributed by atoms with Crippen molar-refractivity contribution in [1.82, 2.24) is 10.2 Å². The van der Waals surface area contributed by atoms with Crippen molar-refractivity contribution in [3.63, 3.8) is 0 Å². The molecular weight excluding hydrogens is 280 g/mol. The smallest absolute Gasteiger partial charge is 0.227 e. The molecule has 1 amide bonds. The number of hydrogen-bond donors (Lipinski definition) is 1. The Morgan fingerprint density at radius 3 is 3.27 bits per heavy atom. The van der Waals surface area contributed by atoms with E-state index >= 15 is 0 Å². The first-order valence-electron chi connectivity index (χ1n) is 7.96. The molecule has 5 nitrogen and oxygen atoms in total. The zero-order valence-corrected chi connectivity index (χ0v) is 13.1. The number of amides is 1. The molecule has 2 heterocycles. The number of methoxy groups -OCH3 is 1. The van der Waals surface area contributed by atoms with E-state index in [1.807, 2.05) is 4.90 Å². The van der Waals surface area contributed by atoms with Crippen LogP contribution in [0.25, 0.3) is 0 Å². The highest BCUT2D eigenvalue weighted by Gasteiger charge is 2.25. The second kappa shape index (κ2) is 7.22. The Labute approximate surface area is 131 Å². The minimum atomic E-state index is -0.00316.